The van der Waals surface area contributed by atoms with Gasteiger partial charge in [-0.15, -0.1) is 0 Å². The number of hydrogen-bond acceptors (Lipinski definition) is 4. The van der Waals surface area contributed by atoms with Crippen LogP contribution in [-0.4, -0.2) is 25.7 Å². The maximum Gasteiger partial charge on any atom is 0.242 e. The van der Waals surface area contributed by atoms with Crippen molar-refractivity contribution < 1.29 is 13.5 Å². The van der Waals surface area contributed by atoms with E-state index in [0.717, 1.165) is 12.8 Å². The van der Waals surface area contributed by atoms with Crippen molar-refractivity contribution in [2.24, 2.45) is 0 Å². The molecule has 106 valence electrons. The number of hydrogen-bond donors (Lipinski definition) is 3. The zero-order valence-electron chi connectivity index (χ0n) is 10.3. The largest absolute Gasteiger partial charge is 0.398 e. The zero-order valence-corrected chi connectivity index (χ0v) is 12.7. The lowest BCUT2D eigenvalue weighted by molar-refractivity contribution is 0.101. The summed E-state index contributed by atoms with van der Waals surface area (Å²) in [5.41, 5.74) is 5.91. The van der Waals surface area contributed by atoms with Gasteiger partial charge in [-0.05, 0) is 31.0 Å². The first kappa shape index (κ1) is 14.8. The highest BCUT2D eigenvalue weighted by Gasteiger charge is 2.29. The highest BCUT2D eigenvalue weighted by atomic mass is 79.9. The van der Waals surface area contributed by atoms with Crippen LogP contribution in [0.15, 0.2) is 27.6 Å². The van der Waals surface area contributed by atoms with Gasteiger partial charge < -0.3 is 10.8 Å². The third-order valence-corrected chi connectivity index (χ3v) is 5.34. The van der Waals surface area contributed by atoms with Crippen molar-refractivity contribution in [2.75, 3.05) is 5.73 Å². The van der Waals surface area contributed by atoms with E-state index in [1.807, 2.05) is 0 Å². The van der Waals surface area contributed by atoms with E-state index >= 15 is 0 Å². The average molecular weight is 349 g/mol. The molecule has 0 amide bonds. The van der Waals surface area contributed by atoms with Crippen LogP contribution < -0.4 is 10.5 Å². The Morgan fingerprint density at radius 3 is 2.68 bits per heavy atom. The summed E-state index contributed by atoms with van der Waals surface area (Å²) in [5.74, 6) is 0. The fraction of sp³-hybridized carbons (Fsp3) is 0.500. The second-order valence-electron chi connectivity index (χ2n) is 4.76. The second kappa shape index (κ2) is 5.78. The number of anilines is 1. The Hall–Kier alpha value is -0.630. The molecule has 7 heteroatoms. The topological polar surface area (TPSA) is 92.4 Å². The molecule has 0 heterocycles. The Labute approximate surface area is 121 Å². The summed E-state index contributed by atoms with van der Waals surface area (Å²) in [6.07, 6.45) is 2.49. The van der Waals surface area contributed by atoms with Crippen molar-refractivity contribution in [3.05, 3.63) is 22.7 Å². The summed E-state index contributed by atoms with van der Waals surface area (Å²) in [5, 5.41) is 9.84. The molecule has 1 aliphatic rings. The van der Waals surface area contributed by atoms with E-state index in [2.05, 4.69) is 20.7 Å². The molecule has 1 aromatic rings. The highest BCUT2D eigenvalue weighted by molar-refractivity contribution is 9.10. The molecule has 0 spiro atoms. The lowest BCUT2D eigenvalue weighted by Crippen LogP contribution is -2.45. The minimum atomic E-state index is -3.71. The van der Waals surface area contributed by atoms with Crippen LogP contribution in [0.4, 0.5) is 5.69 Å². The predicted molar refractivity (Wildman–Crippen MR) is 77.1 cm³/mol. The van der Waals surface area contributed by atoms with Gasteiger partial charge >= 0.3 is 0 Å². The number of nitrogens with two attached hydrogens (primary N) is 1. The number of halogens is 1. The van der Waals surface area contributed by atoms with Gasteiger partial charge in [0, 0.05) is 10.5 Å². The average Bonchev–Trinajstić information content (AvgIpc) is 2.35. The molecule has 0 aliphatic heterocycles. The van der Waals surface area contributed by atoms with E-state index in [1.54, 1.807) is 6.07 Å². The summed E-state index contributed by atoms with van der Waals surface area (Å²) >= 11 is 3.23. The monoisotopic (exact) mass is 348 g/mol. The molecule has 0 aromatic heterocycles. The molecule has 1 saturated carbocycles. The molecule has 1 aliphatic carbocycles. The molecule has 2 atom stereocenters. The van der Waals surface area contributed by atoms with Crippen molar-refractivity contribution in [2.45, 2.75) is 42.7 Å². The molecule has 0 radical (unpaired) electrons. The third-order valence-electron chi connectivity index (χ3n) is 3.30. The van der Waals surface area contributed by atoms with Crippen molar-refractivity contribution in [3.63, 3.8) is 0 Å². The van der Waals surface area contributed by atoms with E-state index in [4.69, 9.17) is 5.73 Å². The summed E-state index contributed by atoms with van der Waals surface area (Å²) in [7, 11) is -3.71. The van der Waals surface area contributed by atoms with Gasteiger partial charge in [0.2, 0.25) is 10.0 Å². The maximum absolute atomic E-state index is 12.3. The molecular weight excluding hydrogens is 332 g/mol. The molecule has 0 unspecified atom stereocenters. The Morgan fingerprint density at radius 1 is 1.32 bits per heavy atom. The highest BCUT2D eigenvalue weighted by Crippen LogP contribution is 2.25. The van der Waals surface area contributed by atoms with Gasteiger partial charge in [0.05, 0.1) is 11.8 Å². The van der Waals surface area contributed by atoms with Gasteiger partial charge in [-0.25, -0.2) is 13.1 Å². The van der Waals surface area contributed by atoms with Crippen LogP contribution in [0.2, 0.25) is 0 Å². The Kier molecular flexibility index (Phi) is 4.50. The molecular formula is C12H17BrN2O3S. The van der Waals surface area contributed by atoms with Gasteiger partial charge in [-0.2, -0.15) is 0 Å². The molecule has 2 rings (SSSR count). The van der Waals surface area contributed by atoms with Gasteiger partial charge in [0.25, 0.3) is 0 Å². The molecule has 0 saturated heterocycles. The number of sulfonamides is 1. The van der Waals surface area contributed by atoms with Crippen LogP contribution in [0.3, 0.4) is 0 Å². The number of benzene rings is 1. The Balaban J connectivity index is 2.24. The predicted octanol–water partition coefficient (Wildman–Crippen LogP) is 1.61. The van der Waals surface area contributed by atoms with Crippen LogP contribution in [0.1, 0.15) is 25.7 Å². The van der Waals surface area contributed by atoms with Crippen LogP contribution in [0.25, 0.3) is 0 Å². The molecule has 4 N–H and O–H groups in total. The quantitative estimate of drug-likeness (QED) is 0.723. The number of aliphatic hydroxyl groups is 1. The fourth-order valence-corrected chi connectivity index (χ4v) is 4.23. The van der Waals surface area contributed by atoms with Crippen molar-refractivity contribution in [3.8, 4) is 0 Å². The normalized spacial score (nSPS) is 24.3. The summed E-state index contributed by atoms with van der Waals surface area (Å²) in [6, 6.07) is 4.25. The molecule has 1 aromatic carbocycles. The minimum Gasteiger partial charge on any atom is -0.398 e. The smallest absolute Gasteiger partial charge is 0.242 e. The lowest BCUT2D eigenvalue weighted by atomic mass is 9.93. The molecule has 1 fully saturated rings. The number of rotatable bonds is 3. The summed E-state index contributed by atoms with van der Waals surface area (Å²) in [4.78, 5) is 0.0413. The standard InChI is InChI=1S/C12H17BrN2O3S/c13-8-5-6-9(14)12(7-8)19(17,18)15-10-3-1-2-4-11(10)16/h5-7,10-11,15-16H,1-4,14H2/t10-,11-/m0/s1. The van der Waals surface area contributed by atoms with E-state index in [0.29, 0.717) is 17.3 Å². The summed E-state index contributed by atoms with van der Waals surface area (Å²) in [6.45, 7) is 0. The first-order valence-electron chi connectivity index (χ1n) is 6.15. The van der Waals surface area contributed by atoms with Crippen molar-refractivity contribution >= 4 is 31.6 Å². The van der Waals surface area contributed by atoms with Crippen LogP contribution >= 0.6 is 15.9 Å². The minimum absolute atomic E-state index is 0.0413. The second-order valence-corrected chi connectivity index (χ2v) is 7.36. The third kappa shape index (κ3) is 3.47. The van der Waals surface area contributed by atoms with E-state index in [1.165, 1.54) is 12.1 Å². The number of aliphatic hydroxyl groups excluding tert-OH is 1. The molecule has 0 bridgehead atoms. The SMILES string of the molecule is Nc1ccc(Br)cc1S(=O)(=O)N[C@H]1CCCC[C@@H]1O. The van der Waals surface area contributed by atoms with Crippen LogP contribution in [0, 0.1) is 0 Å². The number of nitrogens with one attached hydrogen (secondary N) is 1. The van der Waals surface area contributed by atoms with Crippen molar-refractivity contribution in [1.29, 1.82) is 0 Å². The first-order chi connectivity index (χ1) is 8.90. The van der Waals surface area contributed by atoms with Gasteiger partial charge in [-0.1, -0.05) is 28.8 Å². The van der Waals surface area contributed by atoms with E-state index in [9.17, 15) is 13.5 Å². The molecule has 19 heavy (non-hydrogen) atoms. The zero-order chi connectivity index (χ0) is 14.0. The van der Waals surface area contributed by atoms with E-state index in [-0.39, 0.29) is 10.6 Å². The first-order valence-corrected chi connectivity index (χ1v) is 8.43. The summed E-state index contributed by atoms with van der Waals surface area (Å²) < 4.78 is 27.8. The van der Waals surface area contributed by atoms with Crippen LogP contribution in [-0.2, 0) is 10.0 Å². The van der Waals surface area contributed by atoms with E-state index < -0.39 is 22.2 Å². The Bertz CT molecular complexity index is 562. The fourth-order valence-electron chi connectivity index (χ4n) is 2.25. The molecule has 5 nitrogen and oxygen atoms in total. The van der Waals surface area contributed by atoms with Gasteiger partial charge in [0.1, 0.15) is 4.90 Å². The van der Waals surface area contributed by atoms with Crippen molar-refractivity contribution in [1.82, 2.24) is 4.72 Å². The van der Waals surface area contributed by atoms with Gasteiger partial charge in [-0.3, -0.25) is 0 Å². The number of nitrogen functional groups attached to an aromatic ring is 1. The maximum atomic E-state index is 12.3. The van der Waals surface area contributed by atoms with Crippen LogP contribution in [0.5, 0.6) is 0 Å². The lowest BCUT2D eigenvalue weighted by Gasteiger charge is -2.28. The Morgan fingerprint density at radius 2 is 2.00 bits per heavy atom. The van der Waals surface area contributed by atoms with Gasteiger partial charge in [0.15, 0.2) is 0 Å².